The van der Waals surface area contributed by atoms with Gasteiger partial charge in [-0.15, -0.1) is 0 Å². The van der Waals surface area contributed by atoms with E-state index in [1.807, 2.05) is 37.6 Å². The molecule has 3 aromatic rings. The summed E-state index contributed by atoms with van der Waals surface area (Å²) in [6.45, 7) is 7.71. The van der Waals surface area contributed by atoms with Crippen molar-refractivity contribution in [2.45, 2.75) is 45.2 Å². The van der Waals surface area contributed by atoms with E-state index in [4.69, 9.17) is 14.6 Å². The molecule has 254 valence electrons. The number of alkyl halides is 3. The molecular formula is C31H34F6N6O4. The van der Waals surface area contributed by atoms with E-state index in [0.717, 1.165) is 6.07 Å². The molecule has 1 amide bonds. The highest BCUT2D eigenvalue weighted by atomic mass is 19.4. The highest BCUT2D eigenvalue weighted by Gasteiger charge is 2.37. The van der Waals surface area contributed by atoms with Crippen LogP contribution in [0.25, 0.3) is 11.1 Å². The number of carbonyl (C=O) groups excluding carboxylic acids is 1. The van der Waals surface area contributed by atoms with Crippen molar-refractivity contribution in [3.05, 3.63) is 65.2 Å². The number of morpholine rings is 1. The second-order valence-electron chi connectivity index (χ2n) is 11.4. The maximum atomic E-state index is 16.4. The number of halogens is 6. The van der Waals surface area contributed by atoms with Crippen LogP contribution in [0, 0.1) is 17.5 Å². The number of anilines is 3. The summed E-state index contributed by atoms with van der Waals surface area (Å²) >= 11 is 0. The van der Waals surface area contributed by atoms with Crippen LogP contribution < -0.4 is 15.1 Å². The van der Waals surface area contributed by atoms with E-state index in [-0.39, 0.29) is 42.0 Å². The molecule has 3 atom stereocenters. The molecule has 2 N–H and O–H groups in total. The molecule has 2 aromatic carbocycles. The van der Waals surface area contributed by atoms with Crippen molar-refractivity contribution < 1.29 is 45.8 Å². The number of carboxylic acid groups (broad SMARTS) is 1. The van der Waals surface area contributed by atoms with Gasteiger partial charge in [-0.2, -0.15) is 13.2 Å². The van der Waals surface area contributed by atoms with Crippen LogP contribution in [0.1, 0.15) is 36.7 Å². The van der Waals surface area contributed by atoms with Gasteiger partial charge < -0.3 is 29.9 Å². The van der Waals surface area contributed by atoms with E-state index in [1.54, 1.807) is 4.90 Å². The number of hydrogen-bond acceptors (Lipinski definition) is 8. The third-order valence-corrected chi connectivity index (χ3v) is 7.90. The molecule has 5 rings (SSSR count). The average molecular weight is 669 g/mol. The number of rotatable bonds is 5. The fourth-order valence-corrected chi connectivity index (χ4v) is 5.59. The zero-order valence-electron chi connectivity index (χ0n) is 26.0. The molecule has 3 heterocycles. The number of piperazine rings is 1. The molecule has 1 aromatic heterocycles. The number of amides is 1. The average Bonchev–Trinajstić information content (AvgIpc) is 2.99. The first-order valence-corrected chi connectivity index (χ1v) is 14.6. The molecule has 0 saturated carbocycles. The number of carbonyl (C=O) groups is 2. The van der Waals surface area contributed by atoms with Crippen LogP contribution in [0.3, 0.4) is 0 Å². The Hall–Kier alpha value is -4.44. The Balaban J connectivity index is 0.00000160. The zero-order chi connectivity index (χ0) is 34.6. The van der Waals surface area contributed by atoms with Crippen LogP contribution in [0.5, 0.6) is 0 Å². The Morgan fingerprint density at radius 1 is 1.00 bits per heavy atom. The van der Waals surface area contributed by atoms with Gasteiger partial charge in [0.2, 0.25) is 5.95 Å². The molecule has 2 saturated heterocycles. The van der Waals surface area contributed by atoms with Crippen molar-refractivity contribution >= 4 is 29.7 Å². The largest absolute Gasteiger partial charge is 0.483 e. The molecule has 10 nitrogen and oxygen atoms in total. The minimum Gasteiger partial charge on any atom is -0.483 e. The Morgan fingerprint density at radius 2 is 1.62 bits per heavy atom. The Kier molecular flexibility index (Phi) is 11.0. The van der Waals surface area contributed by atoms with Gasteiger partial charge in [-0.05, 0) is 46.0 Å². The summed E-state index contributed by atoms with van der Waals surface area (Å²) < 4.78 is 92.6. The van der Waals surface area contributed by atoms with Gasteiger partial charge in [0.05, 0.1) is 34.6 Å². The molecule has 16 heteroatoms. The number of nitrogens with one attached hydrogen (secondary N) is 1. The summed E-state index contributed by atoms with van der Waals surface area (Å²) in [5.74, 6) is -4.37. The lowest BCUT2D eigenvalue weighted by Gasteiger charge is -2.39. The first kappa shape index (κ1) is 35.4. The standard InChI is InChI=1S/C30H32F6N6O2.CH2O2/c1-16-13-41(8-7-40(16)4)24-10-23(32)25(19-11-37-29(38-12-19)42-14-17(2)44-18(3)15-42)26(33)27(24)39-28(43)21-6-5-20(31)9-22(21)30(34,35)36;2-1-3/h5-6,9-12,16-18H,7-8,13-15H2,1-4H3,(H,39,43);1H,(H,2,3)/t16?,17-,18-;/m1./s1. The van der Waals surface area contributed by atoms with E-state index in [9.17, 15) is 22.4 Å². The lowest BCUT2D eigenvalue weighted by molar-refractivity contribution is -0.138. The van der Waals surface area contributed by atoms with Crippen molar-refractivity contribution in [1.82, 2.24) is 14.9 Å². The minimum atomic E-state index is -5.06. The SMILES string of the molecule is CC1CN(c2cc(F)c(-c3cnc(N4C[C@@H](C)O[C@H](C)C4)nc3)c(F)c2NC(=O)c2ccc(F)cc2C(F)(F)F)CCN1C.O=CO. The van der Waals surface area contributed by atoms with E-state index in [0.29, 0.717) is 50.8 Å². The van der Waals surface area contributed by atoms with Crippen molar-refractivity contribution in [3.8, 4) is 11.1 Å². The fraction of sp³-hybridized carbons (Fsp3) is 0.419. The summed E-state index contributed by atoms with van der Waals surface area (Å²) in [4.78, 5) is 35.8. The van der Waals surface area contributed by atoms with Crippen LogP contribution in [0.15, 0.2) is 36.7 Å². The predicted octanol–water partition coefficient (Wildman–Crippen LogP) is 5.29. The van der Waals surface area contributed by atoms with Gasteiger partial charge in [0, 0.05) is 62.8 Å². The van der Waals surface area contributed by atoms with Gasteiger partial charge in [0.15, 0.2) is 5.82 Å². The maximum Gasteiger partial charge on any atom is 0.417 e. The molecule has 2 aliphatic rings. The summed E-state index contributed by atoms with van der Waals surface area (Å²) in [6.07, 6.45) is -2.72. The fourth-order valence-electron chi connectivity index (χ4n) is 5.59. The summed E-state index contributed by atoms with van der Waals surface area (Å²) in [7, 11) is 1.89. The Labute approximate surface area is 267 Å². The van der Waals surface area contributed by atoms with Gasteiger partial charge in [-0.1, -0.05) is 0 Å². The van der Waals surface area contributed by atoms with Crippen molar-refractivity contribution in [1.29, 1.82) is 0 Å². The van der Waals surface area contributed by atoms with E-state index >= 15 is 8.78 Å². The minimum absolute atomic E-state index is 0.0291. The number of nitrogens with zero attached hydrogens (tertiary/aromatic N) is 5. The van der Waals surface area contributed by atoms with Crippen LogP contribution in [0.4, 0.5) is 43.7 Å². The molecule has 0 aliphatic carbocycles. The lowest BCUT2D eigenvalue weighted by Crippen LogP contribution is -2.50. The normalized spacial score (nSPS) is 20.3. The van der Waals surface area contributed by atoms with Crippen molar-refractivity contribution in [2.75, 3.05) is 54.9 Å². The monoisotopic (exact) mass is 668 g/mol. The number of aromatic nitrogens is 2. The molecule has 0 bridgehead atoms. The van der Waals surface area contributed by atoms with Gasteiger partial charge in [0.25, 0.3) is 12.4 Å². The zero-order valence-corrected chi connectivity index (χ0v) is 26.0. The number of ether oxygens (including phenoxy) is 1. The van der Waals surface area contributed by atoms with Crippen LogP contribution in [-0.2, 0) is 15.7 Å². The predicted molar refractivity (Wildman–Crippen MR) is 162 cm³/mol. The third-order valence-electron chi connectivity index (χ3n) is 7.90. The molecule has 2 fully saturated rings. The van der Waals surface area contributed by atoms with Crippen molar-refractivity contribution in [3.63, 3.8) is 0 Å². The van der Waals surface area contributed by atoms with Crippen LogP contribution in [0.2, 0.25) is 0 Å². The quantitative estimate of drug-likeness (QED) is 0.277. The molecule has 0 radical (unpaired) electrons. The highest BCUT2D eigenvalue weighted by molar-refractivity contribution is 6.07. The molecule has 47 heavy (non-hydrogen) atoms. The Morgan fingerprint density at radius 3 is 2.19 bits per heavy atom. The molecule has 0 spiro atoms. The van der Waals surface area contributed by atoms with Gasteiger partial charge in [0.1, 0.15) is 17.3 Å². The van der Waals surface area contributed by atoms with Gasteiger partial charge in [-0.3, -0.25) is 9.59 Å². The number of likely N-dealkylation sites (N-methyl/N-ethyl adjacent to an activating group) is 1. The van der Waals surface area contributed by atoms with Crippen LogP contribution >= 0.6 is 0 Å². The summed E-state index contributed by atoms with van der Waals surface area (Å²) in [5, 5.41) is 9.13. The molecule has 1 unspecified atom stereocenters. The highest BCUT2D eigenvalue weighted by Crippen LogP contribution is 2.40. The van der Waals surface area contributed by atoms with Crippen molar-refractivity contribution in [2.24, 2.45) is 0 Å². The van der Waals surface area contributed by atoms with E-state index in [1.165, 1.54) is 12.4 Å². The smallest absolute Gasteiger partial charge is 0.417 e. The van der Waals surface area contributed by atoms with Crippen LogP contribution in [-0.4, -0.2) is 90.4 Å². The number of benzene rings is 2. The summed E-state index contributed by atoms with van der Waals surface area (Å²) in [6, 6.07) is 2.58. The topological polar surface area (TPSA) is 111 Å². The Bertz CT molecular complexity index is 1580. The van der Waals surface area contributed by atoms with E-state index in [2.05, 4.69) is 15.3 Å². The van der Waals surface area contributed by atoms with E-state index < -0.39 is 51.9 Å². The van der Waals surface area contributed by atoms with Gasteiger partial charge in [-0.25, -0.2) is 23.1 Å². The third kappa shape index (κ3) is 8.11. The lowest BCUT2D eigenvalue weighted by atomic mass is 10.0. The first-order valence-electron chi connectivity index (χ1n) is 14.6. The molecule has 2 aliphatic heterocycles. The number of hydrogen-bond donors (Lipinski definition) is 2. The van der Waals surface area contributed by atoms with Gasteiger partial charge >= 0.3 is 6.18 Å². The first-order chi connectivity index (χ1) is 22.1. The maximum absolute atomic E-state index is 16.4. The summed E-state index contributed by atoms with van der Waals surface area (Å²) in [5.41, 5.74) is -3.59. The molecular weight excluding hydrogens is 634 g/mol. The second kappa shape index (κ2) is 14.5. The second-order valence-corrected chi connectivity index (χ2v) is 11.4.